The van der Waals surface area contributed by atoms with Crippen LogP contribution in [0.4, 0.5) is 0 Å². The molecule has 0 bridgehead atoms. The maximum atomic E-state index is 13.6. The number of aliphatic hydroxyl groups excluding tert-OH is 1. The number of allylic oxidation sites excluding steroid dienone is 1. The summed E-state index contributed by atoms with van der Waals surface area (Å²) in [5.41, 5.74) is 0.0834. The summed E-state index contributed by atoms with van der Waals surface area (Å²) in [7, 11) is 0. The van der Waals surface area contributed by atoms with Crippen LogP contribution in [0.5, 0.6) is 0 Å². The van der Waals surface area contributed by atoms with Crippen molar-refractivity contribution in [3.05, 3.63) is 48.0 Å². The third-order valence-electron chi connectivity index (χ3n) is 9.33. The van der Waals surface area contributed by atoms with E-state index in [1.165, 1.54) is 0 Å². The summed E-state index contributed by atoms with van der Waals surface area (Å²) < 4.78 is 5.61. The molecule has 4 atom stereocenters. The molecule has 0 saturated heterocycles. The summed E-state index contributed by atoms with van der Waals surface area (Å²) >= 11 is 0. The van der Waals surface area contributed by atoms with Crippen LogP contribution in [0.15, 0.2) is 42.5 Å². The Morgan fingerprint density at radius 3 is 2.60 bits per heavy atom. The molecule has 2 N–H and O–H groups in total. The minimum atomic E-state index is -1.02. The number of rotatable bonds is 16. The number of carbonyl (C=O) groups is 3. The molecule has 2 saturated carbocycles. The zero-order chi connectivity index (χ0) is 29.0. The SMILES string of the molecule is CC#CCC1(C(O)CC[C@H]2CCC(=O)[C@@H]2CC(CCC=CC(=O)O)(CCc2ccccc2)C(=O)OCC)CCC1. The van der Waals surface area contributed by atoms with Gasteiger partial charge in [-0.3, -0.25) is 9.59 Å². The number of ether oxygens (including phenoxy) is 1. The van der Waals surface area contributed by atoms with Gasteiger partial charge in [0.25, 0.3) is 0 Å². The van der Waals surface area contributed by atoms with Gasteiger partial charge in [-0.1, -0.05) is 42.8 Å². The molecule has 1 aromatic rings. The van der Waals surface area contributed by atoms with Gasteiger partial charge in [0.1, 0.15) is 5.78 Å². The predicted octanol–water partition coefficient (Wildman–Crippen LogP) is 6.30. The molecular weight excluding hydrogens is 504 g/mol. The first-order chi connectivity index (χ1) is 19.2. The number of aliphatic hydroxyl groups is 1. The topological polar surface area (TPSA) is 101 Å². The van der Waals surface area contributed by atoms with Crippen LogP contribution in [0, 0.1) is 34.5 Å². The molecule has 0 heterocycles. The number of esters is 1. The van der Waals surface area contributed by atoms with Gasteiger partial charge in [-0.15, -0.1) is 11.8 Å². The van der Waals surface area contributed by atoms with Crippen molar-refractivity contribution in [1.29, 1.82) is 0 Å². The third-order valence-corrected chi connectivity index (χ3v) is 9.33. The number of aryl methyl sites for hydroxylation is 1. The Kier molecular flexibility index (Phi) is 12.0. The van der Waals surface area contributed by atoms with Gasteiger partial charge in [-0.25, -0.2) is 4.79 Å². The molecule has 2 aliphatic carbocycles. The highest BCUT2D eigenvalue weighted by molar-refractivity contribution is 5.85. The van der Waals surface area contributed by atoms with Crippen LogP contribution < -0.4 is 0 Å². The zero-order valence-electron chi connectivity index (χ0n) is 24.2. The second-order valence-electron chi connectivity index (χ2n) is 11.8. The smallest absolute Gasteiger partial charge is 0.327 e. The summed E-state index contributed by atoms with van der Waals surface area (Å²) in [6.07, 6.45) is 11.1. The van der Waals surface area contributed by atoms with Gasteiger partial charge in [0.05, 0.1) is 18.1 Å². The predicted molar refractivity (Wildman–Crippen MR) is 155 cm³/mol. The standard InChI is InChI=1S/C34H46O6/c1-3-5-20-33(22-11-23-33)30(36)18-16-27-15-17-29(35)28(27)25-34(32(39)40-4-2,21-10-9-14-31(37)38)24-19-26-12-7-6-8-13-26/h6-9,12-14,27-28,30,36H,4,10-11,15-25H2,1-2H3,(H,37,38)/t27-,28-,30?,34?/m1/s1. The first-order valence-electron chi connectivity index (χ1n) is 15.0. The molecular formula is C34H46O6. The van der Waals surface area contributed by atoms with Crippen molar-refractivity contribution in [3.63, 3.8) is 0 Å². The Bertz CT molecular complexity index is 1080. The van der Waals surface area contributed by atoms with E-state index in [0.717, 1.165) is 43.7 Å². The van der Waals surface area contributed by atoms with Crippen molar-refractivity contribution in [2.45, 2.75) is 103 Å². The van der Waals surface area contributed by atoms with Crippen molar-refractivity contribution in [1.82, 2.24) is 0 Å². The van der Waals surface area contributed by atoms with E-state index in [2.05, 4.69) is 11.8 Å². The fraction of sp³-hybridized carbons (Fsp3) is 0.618. The second-order valence-corrected chi connectivity index (χ2v) is 11.8. The molecule has 6 heteroatoms. The van der Waals surface area contributed by atoms with Gasteiger partial charge in [0.15, 0.2) is 0 Å². The van der Waals surface area contributed by atoms with E-state index in [0.29, 0.717) is 51.4 Å². The Hall–Kier alpha value is -2.91. The number of Topliss-reactive ketones (excluding diaryl/α,β-unsaturated/α-hetero) is 1. The monoisotopic (exact) mass is 550 g/mol. The highest BCUT2D eigenvalue weighted by Crippen LogP contribution is 2.50. The van der Waals surface area contributed by atoms with Crippen LogP contribution in [-0.4, -0.2) is 40.6 Å². The van der Waals surface area contributed by atoms with Crippen LogP contribution in [0.25, 0.3) is 0 Å². The van der Waals surface area contributed by atoms with Gasteiger partial charge in [0.2, 0.25) is 0 Å². The first-order valence-corrected chi connectivity index (χ1v) is 15.0. The highest BCUT2D eigenvalue weighted by atomic mass is 16.5. The van der Waals surface area contributed by atoms with Crippen LogP contribution in [-0.2, 0) is 25.5 Å². The number of carboxylic acid groups (broad SMARTS) is 1. The molecule has 218 valence electrons. The molecule has 6 nitrogen and oxygen atoms in total. The zero-order valence-corrected chi connectivity index (χ0v) is 24.2. The van der Waals surface area contributed by atoms with E-state index in [-0.39, 0.29) is 35.6 Å². The lowest BCUT2D eigenvalue weighted by Crippen LogP contribution is -2.41. The maximum Gasteiger partial charge on any atom is 0.327 e. The van der Waals surface area contributed by atoms with Gasteiger partial charge >= 0.3 is 11.9 Å². The Balaban J connectivity index is 1.80. The molecule has 0 aromatic heterocycles. The first kappa shape index (κ1) is 31.6. The maximum absolute atomic E-state index is 13.6. The fourth-order valence-electron chi connectivity index (χ4n) is 6.70. The quantitative estimate of drug-likeness (QED) is 0.142. The van der Waals surface area contributed by atoms with E-state index >= 15 is 0 Å². The number of hydrogen-bond donors (Lipinski definition) is 2. The average Bonchev–Trinajstić information content (AvgIpc) is 3.26. The molecule has 0 spiro atoms. The molecule has 2 unspecified atom stereocenters. The van der Waals surface area contributed by atoms with E-state index in [1.54, 1.807) is 13.0 Å². The van der Waals surface area contributed by atoms with Gasteiger partial charge in [0, 0.05) is 30.3 Å². The van der Waals surface area contributed by atoms with Crippen LogP contribution in [0.1, 0.15) is 96.5 Å². The Morgan fingerprint density at radius 1 is 1.23 bits per heavy atom. The number of carbonyl (C=O) groups excluding carboxylic acids is 2. The number of hydrogen-bond acceptors (Lipinski definition) is 5. The van der Waals surface area contributed by atoms with E-state index in [9.17, 15) is 19.5 Å². The highest BCUT2D eigenvalue weighted by Gasteiger charge is 2.47. The van der Waals surface area contributed by atoms with Crippen molar-refractivity contribution >= 4 is 17.7 Å². The van der Waals surface area contributed by atoms with E-state index < -0.39 is 17.5 Å². The van der Waals surface area contributed by atoms with Gasteiger partial charge in [-0.2, -0.15) is 0 Å². The van der Waals surface area contributed by atoms with Crippen molar-refractivity contribution in [2.75, 3.05) is 6.61 Å². The Morgan fingerprint density at radius 2 is 1.98 bits per heavy atom. The largest absolute Gasteiger partial charge is 0.478 e. The molecule has 2 fully saturated rings. The lowest BCUT2D eigenvalue weighted by atomic mass is 9.62. The summed E-state index contributed by atoms with van der Waals surface area (Å²) in [6.45, 7) is 3.86. The molecule has 3 rings (SSSR count). The van der Waals surface area contributed by atoms with Crippen molar-refractivity contribution in [2.24, 2.45) is 22.7 Å². The number of aliphatic carboxylic acids is 1. The minimum Gasteiger partial charge on any atom is -0.478 e. The molecule has 2 aliphatic rings. The number of carboxylic acids is 1. The van der Waals surface area contributed by atoms with Crippen LogP contribution in [0.3, 0.4) is 0 Å². The summed E-state index contributed by atoms with van der Waals surface area (Å²) in [6, 6.07) is 9.96. The average molecular weight is 551 g/mol. The normalized spacial score (nSPS) is 22.1. The number of ketones is 1. The lowest BCUT2D eigenvalue weighted by molar-refractivity contribution is -0.158. The van der Waals surface area contributed by atoms with Crippen molar-refractivity contribution in [3.8, 4) is 11.8 Å². The Labute approximate surface area is 239 Å². The fourth-order valence-corrected chi connectivity index (χ4v) is 6.70. The van der Waals surface area contributed by atoms with E-state index in [4.69, 9.17) is 9.84 Å². The van der Waals surface area contributed by atoms with Crippen LogP contribution >= 0.6 is 0 Å². The summed E-state index contributed by atoms with van der Waals surface area (Å²) in [5.74, 6) is 4.83. The molecule has 1 aromatic carbocycles. The third kappa shape index (κ3) is 8.30. The molecule has 0 aliphatic heterocycles. The molecule has 40 heavy (non-hydrogen) atoms. The van der Waals surface area contributed by atoms with Gasteiger partial charge < -0.3 is 14.9 Å². The molecule has 0 radical (unpaired) electrons. The lowest BCUT2D eigenvalue weighted by Gasteiger charge is -2.45. The molecule has 0 amide bonds. The van der Waals surface area contributed by atoms with Crippen molar-refractivity contribution < 1.29 is 29.3 Å². The van der Waals surface area contributed by atoms with E-state index in [1.807, 2.05) is 37.3 Å². The van der Waals surface area contributed by atoms with Crippen LogP contribution in [0.2, 0.25) is 0 Å². The minimum absolute atomic E-state index is 0.108. The second kappa shape index (κ2) is 15.2. The summed E-state index contributed by atoms with van der Waals surface area (Å²) in [5, 5.41) is 20.2. The summed E-state index contributed by atoms with van der Waals surface area (Å²) in [4.78, 5) is 38.0. The number of benzene rings is 1. The van der Waals surface area contributed by atoms with Gasteiger partial charge in [-0.05, 0) is 89.5 Å².